The van der Waals surface area contributed by atoms with E-state index >= 15 is 0 Å². The Balaban J connectivity index is 3.02. The van der Waals surface area contributed by atoms with E-state index in [2.05, 4.69) is 9.71 Å². The minimum atomic E-state index is -4.45. The summed E-state index contributed by atoms with van der Waals surface area (Å²) < 4.78 is 52.5. The van der Waals surface area contributed by atoms with Crippen molar-refractivity contribution in [1.82, 2.24) is 9.71 Å². The number of hydrogen-bond acceptors (Lipinski definition) is 3. The third kappa shape index (κ3) is 4.86. The lowest BCUT2D eigenvalue weighted by molar-refractivity contribution is -0.141. The molecule has 1 N–H and O–H groups in total. The van der Waals surface area contributed by atoms with Crippen molar-refractivity contribution >= 4 is 11.4 Å². The number of pyridine rings is 1. The van der Waals surface area contributed by atoms with E-state index in [0.717, 1.165) is 6.07 Å². The summed E-state index contributed by atoms with van der Waals surface area (Å²) in [5.74, 6) is 0. The van der Waals surface area contributed by atoms with Crippen molar-refractivity contribution in [2.24, 2.45) is 0 Å². The van der Waals surface area contributed by atoms with Gasteiger partial charge in [0.1, 0.15) is 10.4 Å². The van der Waals surface area contributed by atoms with Crippen LogP contribution in [-0.4, -0.2) is 14.3 Å². The van der Waals surface area contributed by atoms with Gasteiger partial charge in [-0.05, 0) is 51.3 Å². The maximum Gasteiger partial charge on any atom is 0.433 e. The summed E-state index contributed by atoms with van der Waals surface area (Å²) in [5.41, 5.74) is 0.223. The van der Waals surface area contributed by atoms with E-state index < -0.39 is 28.0 Å². The molecule has 1 aromatic rings. The first-order valence-electron chi connectivity index (χ1n) is 6.68. The van der Waals surface area contributed by atoms with Gasteiger partial charge in [0, 0.05) is 17.6 Å². The first-order chi connectivity index (χ1) is 9.46. The monoisotopic (exact) mass is 322 g/mol. The van der Waals surface area contributed by atoms with Crippen LogP contribution in [0.1, 0.15) is 57.0 Å². The topological polar surface area (TPSA) is 48.0 Å². The van der Waals surface area contributed by atoms with E-state index in [4.69, 9.17) is 0 Å². The zero-order valence-corrected chi connectivity index (χ0v) is 13.7. The Morgan fingerprint density at radius 1 is 1.33 bits per heavy atom. The molecule has 7 heteroatoms. The van der Waals surface area contributed by atoms with Crippen LogP contribution in [0.3, 0.4) is 0 Å². The summed E-state index contributed by atoms with van der Waals surface area (Å²) in [6.07, 6.45) is -2.62. The lowest BCUT2D eigenvalue weighted by Crippen LogP contribution is -2.41. The van der Waals surface area contributed by atoms with Crippen LogP contribution in [-0.2, 0) is 17.5 Å². The maximum atomic E-state index is 12.6. The summed E-state index contributed by atoms with van der Waals surface area (Å²) in [7, 11) is 0. The number of nitrogens with one attached hydrogen (secondary N) is 1. The first kappa shape index (κ1) is 18.3. The Kier molecular flexibility index (Phi) is 5.69. The Morgan fingerprint density at radius 3 is 2.29 bits per heavy atom. The van der Waals surface area contributed by atoms with Gasteiger partial charge in [-0.1, -0.05) is 6.92 Å². The number of alkyl halides is 3. The Hall–Kier alpha value is -0.790. The van der Waals surface area contributed by atoms with Gasteiger partial charge >= 0.3 is 6.18 Å². The van der Waals surface area contributed by atoms with Gasteiger partial charge < -0.3 is 4.55 Å². The van der Waals surface area contributed by atoms with E-state index in [1.807, 2.05) is 27.7 Å². The molecule has 120 valence electrons. The van der Waals surface area contributed by atoms with Crippen LogP contribution in [0.25, 0.3) is 0 Å². The lowest BCUT2D eigenvalue weighted by atomic mass is 10.0. The van der Waals surface area contributed by atoms with Crippen LogP contribution in [0.2, 0.25) is 0 Å². The van der Waals surface area contributed by atoms with E-state index in [0.29, 0.717) is 17.5 Å². The molecular formula is C14H21F3N2OS. The molecule has 21 heavy (non-hydrogen) atoms. The molecule has 1 heterocycles. The minimum Gasteiger partial charge on any atom is -0.598 e. The van der Waals surface area contributed by atoms with Crippen LogP contribution in [0, 0.1) is 6.92 Å². The molecule has 0 aliphatic heterocycles. The van der Waals surface area contributed by atoms with Crippen molar-refractivity contribution in [2.45, 2.75) is 58.0 Å². The Morgan fingerprint density at radius 2 is 1.90 bits per heavy atom. The predicted molar refractivity (Wildman–Crippen MR) is 78.0 cm³/mol. The molecule has 0 aliphatic carbocycles. The summed E-state index contributed by atoms with van der Waals surface area (Å²) in [4.78, 5) is 3.49. The van der Waals surface area contributed by atoms with Crippen molar-refractivity contribution in [3.05, 3.63) is 29.1 Å². The molecule has 0 aliphatic rings. The van der Waals surface area contributed by atoms with Gasteiger partial charge in [-0.15, -0.1) is 4.72 Å². The molecule has 0 fully saturated rings. The number of aryl methyl sites for hydroxylation is 1. The predicted octanol–water partition coefficient (Wildman–Crippen LogP) is 3.91. The third-order valence-electron chi connectivity index (χ3n) is 3.03. The summed E-state index contributed by atoms with van der Waals surface area (Å²) in [6.45, 7) is 8.99. The zero-order valence-electron chi connectivity index (χ0n) is 12.8. The molecule has 3 nitrogen and oxygen atoms in total. The van der Waals surface area contributed by atoms with Crippen LogP contribution in [0.5, 0.6) is 0 Å². The highest BCUT2D eigenvalue weighted by atomic mass is 32.2. The van der Waals surface area contributed by atoms with Gasteiger partial charge in [-0.3, -0.25) is 4.98 Å². The molecule has 1 aromatic heterocycles. The van der Waals surface area contributed by atoms with E-state index in [1.54, 1.807) is 6.92 Å². The van der Waals surface area contributed by atoms with E-state index in [-0.39, 0.29) is 6.04 Å². The molecule has 0 saturated carbocycles. The molecular weight excluding hydrogens is 301 g/mol. The second kappa shape index (κ2) is 6.54. The van der Waals surface area contributed by atoms with Crippen molar-refractivity contribution < 1.29 is 17.7 Å². The molecule has 0 radical (unpaired) electrons. The molecule has 1 rings (SSSR count). The number of rotatable bonds is 4. The highest BCUT2D eigenvalue weighted by Crippen LogP contribution is 2.31. The normalized spacial score (nSPS) is 15.9. The fourth-order valence-electron chi connectivity index (χ4n) is 1.76. The van der Waals surface area contributed by atoms with Crippen LogP contribution in [0.4, 0.5) is 13.2 Å². The second-order valence-electron chi connectivity index (χ2n) is 5.88. The van der Waals surface area contributed by atoms with Gasteiger partial charge in [0.05, 0.1) is 6.04 Å². The van der Waals surface area contributed by atoms with Gasteiger partial charge in [-0.25, -0.2) is 0 Å². The molecule has 0 aromatic carbocycles. The van der Waals surface area contributed by atoms with Crippen molar-refractivity contribution in [2.75, 3.05) is 0 Å². The molecule has 0 saturated heterocycles. The number of nitrogens with zero attached hydrogens (tertiary/aromatic N) is 1. The van der Waals surface area contributed by atoms with E-state index in [9.17, 15) is 17.7 Å². The average Bonchev–Trinajstić information content (AvgIpc) is 2.33. The zero-order chi connectivity index (χ0) is 16.4. The van der Waals surface area contributed by atoms with Crippen molar-refractivity contribution in [3.8, 4) is 0 Å². The third-order valence-corrected chi connectivity index (χ3v) is 4.64. The van der Waals surface area contributed by atoms with Gasteiger partial charge in [-0.2, -0.15) is 13.2 Å². The molecule has 1 unspecified atom stereocenters. The highest BCUT2D eigenvalue weighted by molar-refractivity contribution is 7.90. The van der Waals surface area contributed by atoms with Gasteiger partial charge in [0.2, 0.25) is 0 Å². The largest absolute Gasteiger partial charge is 0.598 e. The summed E-state index contributed by atoms with van der Waals surface area (Å²) in [5, 5.41) is 0. The Labute approximate surface area is 126 Å². The average molecular weight is 322 g/mol. The molecule has 0 spiro atoms. The van der Waals surface area contributed by atoms with Gasteiger partial charge in [0.25, 0.3) is 0 Å². The fourth-order valence-corrected chi connectivity index (χ4v) is 2.66. The van der Waals surface area contributed by atoms with Crippen LogP contribution >= 0.6 is 0 Å². The minimum absolute atomic E-state index is 0.292. The van der Waals surface area contributed by atoms with Gasteiger partial charge in [0.15, 0.2) is 0 Å². The fraction of sp³-hybridized carbons (Fsp3) is 0.643. The van der Waals surface area contributed by atoms with Crippen molar-refractivity contribution in [1.29, 1.82) is 0 Å². The highest BCUT2D eigenvalue weighted by Gasteiger charge is 2.34. The molecule has 2 atom stereocenters. The molecule has 0 amide bonds. The number of halogens is 3. The number of aromatic nitrogens is 1. The number of hydrogen-bond donors (Lipinski definition) is 1. The standard InChI is InChI=1S/C14H21F3N2OS/c1-6-11(19-21(20)13(3,4)5)10-8-18-12(7-9(10)2)14(15,16)17/h7-8,11,19H,6H2,1-5H3/t11-,21?/m1/s1. The lowest BCUT2D eigenvalue weighted by Gasteiger charge is -2.28. The maximum absolute atomic E-state index is 12.6. The van der Waals surface area contributed by atoms with Crippen LogP contribution in [0.15, 0.2) is 12.3 Å². The smallest absolute Gasteiger partial charge is 0.433 e. The molecule has 0 bridgehead atoms. The van der Waals surface area contributed by atoms with Crippen LogP contribution < -0.4 is 4.72 Å². The summed E-state index contributed by atoms with van der Waals surface area (Å²) in [6, 6.07) is 0.736. The SMILES string of the molecule is CC[C@@H](N[S+]([O-])C(C)(C)C)c1cnc(C(F)(F)F)cc1C. The second-order valence-corrected chi connectivity index (χ2v) is 7.88. The quantitative estimate of drug-likeness (QED) is 0.855. The summed E-state index contributed by atoms with van der Waals surface area (Å²) >= 11 is -1.30. The Bertz CT molecular complexity index is 486. The first-order valence-corrected chi connectivity index (χ1v) is 7.83. The van der Waals surface area contributed by atoms with E-state index in [1.165, 1.54) is 6.20 Å². The van der Waals surface area contributed by atoms with Crippen molar-refractivity contribution in [3.63, 3.8) is 0 Å².